The van der Waals surface area contributed by atoms with Crippen molar-refractivity contribution in [1.82, 2.24) is 19.7 Å². The number of nitrogens with zero attached hydrogens (tertiary/aromatic N) is 3. The van der Waals surface area contributed by atoms with Crippen molar-refractivity contribution < 1.29 is 14.0 Å². The van der Waals surface area contributed by atoms with Crippen molar-refractivity contribution in [3.05, 3.63) is 53.1 Å². The number of aryl methyl sites for hydroxylation is 1. The number of amides is 1. The summed E-state index contributed by atoms with van der Waals surface area (Å²) in [5, 5.41) is 3.03. The molecule has 6 nitrogen and oxygen atoms in total. The van der Waals surface area contributed by atoms with Crippen LogP contribution in [-0.2, 0) is 4.79 Å². The van der Waals surface area contributed by atoms with Crippen molar-refractivity contribution >= 4 is 11.7 Å². The van der Waals surface area contributed by atoms with Gasteiger partial charge >= 0.3 is 0 Å². The molecule has 0 radical (unpaired) electrons. The van der Waals surface area contributed by atoms with E-state index in [1.165, 1.54) is 12.1 Å². The molecule has 0 atom stereocenters. The second-order valence-electron chi connectivity index (χ2n) is 8.41. The van der Waals surface area contributed by atoms with Gasteiger partial charge in [-0.3, -0.25) is 19.4 Å². The van der Waals surface area contributed by atoms with Gasteiger partial charge in [0.2, 0.25) is 5.91 Å². The Hall–Kier alpha value is -2.51. The van der Waals surface area contributed by atoms with E-state index in [1.54, 1.807) is 12.1 Å². The summed E-state index contributed by atoms with van der Waals surface area (Å²) in [4.78, 5) is 29.3. The molecule has 7 heteroatoms. The average molecular weight is 413 g/mol. The fraction of sp³-hybridized carbons (Fsp3) is 0.478. The maximum Gasteiger partial charge on any atom is 0.234 e. The third-order valence-corrected chi connectivity index (χ3v) is 5.96. The van der Waals surface area contributed by atoms with Gasteiger partial charge in [0.25, 0.3) is 0 Å². The Bertz CT molecular complexity index is 925. The number of piperazine rings is 1. The lowest BCUT2D eigenvalue weighted by molar-refractivity contribution is -0.122. The first-order valence-electron chi connectivity index (χ1n) is 10.6. The first-order valence-corrected chi connectivity index (χ1v) is 10.6. The molecule has 1 aliphatic carbocycles. The maximum atomic E-state index is 13.3. The van der Waals surface area contributed by atoms with E-state index in [4.69, 9.17) is 0 Å². The van der Waals surface area contributed by atoms with Crippen LogP contribution in [-0.4, -0.2) is 71.4 Å². The van der Waals surface area contributed by atoms with Crippen LogP contribution >= 0.6 is 0 Å². The average Bonchev–Trinajstić information content (AvgIpc) is 3.47. The summed E-state index contributed by atoms with van der Waals surface area (Å²) < 4.78 is 15.2. The van der Waals surface area contributed by atoms with Crippen LogP contribution < -0.4 is 5.32 Å². The first kappa shape index (κ1) is 20.8. The number of carbonyl (C=O) groups excluding carboxylic acids is 2. The van der Waals surface area contributed by atoms with Gasteiger partial charge in [-0.1, -0.05) is 0 Å². The zero-order valence-electron chi connectivity index (χ0n) is 17.7. The van der Waals surface area contributed by atoms with E-state index < -0.39 is 0 Å². The van der Waals surface area contributed by atoms with Crippen LogP contribution in [0, 0.1) is 19.7 Å². The van der Waals surface area contributed by atoms with Crippen LogP contribution in [0.4, 0.5) is 4.39 Å². The van der Waals surface area contributed by atoms with E-state index >= 15 is 0 Å². The lowest BCUT2D eigenvalue weighted by Gasteiger charge is -2.33. The van der Waals surface area contributed by atoms with Gasteiger partial charge in [0.05, 0.1) is 13.1 Å². The van der Waals surface area contributed by atoms with E-state index in [0.29, 0.717) is 24.7 Å². The molecule has 0 bridgehead atoms. The Morgan fingerprint density at radius 1 is 1.00 bits per heavy atom. The van der Waals surface area contributed by atoms with Gasteiger partial charge in [-0.15, -0.1) is 0 Å². The molecule has 160 valence electrons. The molecule has 1 amide bonds. The fourth-order valence-corrected chi connectivity index (χ4v) is 4.13. The molecular formula is C23H29FN4O2. The van der Waals surface area contributed by atoms with Crippen molar-refractivity contribution in [2.24, 2.45) is 0 Å². The number of nitrogens with one attached hydrogen (secondary N) is 1. The number of hydrogen-bond donors (Lipinski definition) is 1. The lowest BCUT2D eigenvalue weighted by Crippen LogP contribution is -2.50. The van der Waals surface area contributed by atoms with Crippen molar-refractivity contribution in [1.29, 1.82) is 0 Å². The van der Waals surface area contributed by atoms with Gasteiger partial charge in [-0.25, -0.2) is 4.39 Å². The summed E-state index contributed by atoms with van der Waals surface area (Å²) in [6.45, 7) is 7.84. The van der Waals surface area contributed by atoms with E-state index in [-0.39, 0.29) is 17.5 Å². The monoisotopic (exact) mass is 412 g/mol. The van der Waals surface area contributed by atoms with E-state index in [9.17, 15) is 14.0 Å². The number of rotatable bonds is 7. The Labute approximate surface area is 176 Å². The molecule has 1 aliphatic heterocycles. The van der Waals surface area contributed by atoms with Crippen LogP contribution in [0.15, 0.2) is 30.3 Å². The predicted molar refractivity (Wildman–Crippen MR) is 114 cm³/mol. The molecule has 2 heterocycles. The normalized spacial score (nSPS) is 17.8. The van der Waals surface area contributed by atoms with E-state index in [0.717, 1.165) is 56.1 Å². The third-order valence-electron chi connectivity index (χ3n) is 5.96. The van der Waals surface area contributed by atoms with Gasteiger partial charge < -0.3 is 9.88 Å². The summed E-state index contributed by atoms with van der Waals surface area (Å²) in [5.74, 6) is -0.0756. The lowest BCUT2D eigenvalue weighted by atomic mass is 10.1. The molecule has 1 aromatic carbocycles. The Balaban J connectivity index is 1.34. The van der Waals surface area contributed by atoms with Crippen LogP contribution in [0.25, 0.3) is 5.69 Å². The van der Waals surface area contributed by atoms with E-state index in [2.05, 4.69) is 15.1 Å². The zero-order chi connectivity index (χ0) is 21.3. The molecule has 4 rings (SSSR count). The number of ketones is 1. The molecule has 2 aromatic rings. The predicted octanol–water partition coefficient (Wildman–Crippen LogP) is 2.31. The second-order valence-corrected chi connectivity index (χ2v) is 8.41. The molecular weight excluding hydrogens is 383 g/mol. The molecule has 2 fully saturated rings. The van der Waals surface area contributed by atoms with Crippen LogP contribution in [0.2, 0.25) is 0 Å². The molecule has 1 N–H and O–H groups in total. The molecule has 1 saturated heterocycles. The topological polar surface area (TPSA) is 57.6 Å². The fourth-order valence-electron chi connectivity index (χ4n) is 4.13. The van der Waals surface area contributed by atoms with Gasteiger partial charge in [0.15, 0.2) is 5.78 Å². The number of carbonyl (C=O) groups is 2. The maximum absolute atomic E-state index is 13.3. The Morgan fingerprint density at radius 2 is 1.60 bits per heavy atom. The standard InChI is InChI=1S/C23H29FN4O2/c1-16-13-21(17(2)28(16)20-7-3-18(24)4-8-20)22(29)14-26-9-11-27(12-10-26)15-23(30)25-19-5-6-19/h3-4,7-8,13,19H,5-6,9-12,14-15H2,1-2H3,(H,25,30). The smallest absolute Gasteiger partial charge is 0.234 e. The summed E-state index contributed by atoms with van der Waals surface area (Å²) >= 11 is 0. The molecule has 0 unspecified atom stereocenters. The van der Waals surface area contributed by atoms with Gasteiger partial charge in [-0.2, -0.15) is 0 Å². The highest BCUT2D eigenvalue weighted by Crippen LogP contribution is 2.22. The minimum absolute atomic E-state index is 0.0939. The third kappa shape index (κ3) is 4.79. The Morgan fingerprint density at radius 3 is 2.20 bits per heavy atom. The highest BCUT2D eigenvalue weighted by molar-refractivity contribution is 5.99. The quantitative estimate of drug-likeness (QED) is 0.709. The second kappa shape index (κ2) is 8.70. The van der Waals surface area contributed by atoms with Crippen molar-refractivity contribution in [2.75, 3.05) is 39.3 Å². The highest BCUT2D eigenvalue weighted by Gasteiger charge is 2.26. The number of aromatic nitrogens is 1. The van der Waals surface area contributed by atoms with Gasteiger partial charge in [0, 0.05) is 54.9 Å². The van der Waals surface area contributed by atoms with Gasteiger partial charge in [0.1, 0.15) is 5.82 Å². The van der Waals surface area contributed by atoms with Crippen LogP contribution in [0.1, 0.15) is 34.6 Å². The minimum atomic E-state index is -0.276. The molecule has 0 spiro atoms. The molecule has 1 aromatic heterocycles. The van der Waals surface area contributed by atoms with Crippen molar-refractivity contribution in [3.8, 4) is 5.69 Å². The number of benzene rings is 1. The molecule has 1 saturated carbocycles. The summed E-state index contributed by atoms with van der Waals surface area (Å²) in [6.07, 6.45) is 2.20. The SMILES string of the molecule is Cc1cc(C(=O)CN2CCN(CC(=O)NC3CC3)CC2)c(C)n1-c1ccc(F)cc1. The Kier molecular flexibility index (Phi) is 6.01. The molecule has 30 heavy (non-hydrogen) atoms. The highest BCUT2D eigenvalue weighted by atomic mass is 19.1. The van der Waals surface area contributed by atoms with Crippen molar-refractivity contribution in [2.45, 2.75) is 32.7 Å². The van der Waals surface area contributed by atoms with Crippen LogP contribution in [0.3, 0.4) is 0 Å². The number of hydrogen-bond acceptors (Lipinski definition) is 4. The van der Waals surface area contributed by atoms with Gasteiger partial charge in [-0.05, 0) is 57.0 Å². The zero-order valence-corrected chi connectivity index (χ0v) is 17.7. The summed E-state index contributed by atoms with van der Waals surface area (Å²) in [5.41, 5.74) is 3.39. The summed E-state index contributed by atoms with van der Waals surface area (Å²) in [7, 11) is 0. The number of Topliss-reactive ketones (excluding diaryl/α,β-unsaturated/α-hetero) is 1. The van der Waals surface area contributed by atoms with Crippen molar-refractivity contribution in [3.63, 3.8) is 0 Å². The largest absolute Gasteiger partial charge is 0.352 e. The van der Waals surface area contributed by atoms with E-state index in [1.807, 2.05) is 24.5 Å². The summed E-state index contributed by atoms with van der Waals surface area (Å²) in [6, 6.07) is 8.62. The molecule has 2 aliphatic rings. The first-order chi connectivity index (χ1) is 14.4. The minimum Gasteiger partial charge on any atom is -0.352 e. The van der Waals surface area contributed by atoms with Crippen LogP contribution in [0.5, 0.6) is 0 Å². The number of halogens is 1.